The molecule has 6 heteroatoms. The largest absolute Gasteiger partial charge is 0.468 e. The quantitative estimate of drug-likeness (QED) is 0.622. The number of esters is 1. The Balaban J connectivity index is 2.10. The molecule has 0 radical (unpaired) electrons. The number of hydrogen-bond acceptors (Lipinski definition) is 4. The van der Waals surface area contributed by atoms with Crippen LogP contribution >= 0.6 is 7.52 Å². The van der Waals surface area contributed by atoms with Crippen molar-refractivity contribution >= 4 is 13.5 Å². The molecule has 5 nitrogen and oxygen atoms in total. The molecule has 0 heterocycles. The van der Waals surface area contributed by atoms with Crippen molar-refractivity contribution in [3.8, 4) is 5.75 Å². The summed E-state index contributed by atoms with van der Waals surface area (Å²) in [6.07, 6.45) is 0.365. The first-order valence-corrected chi connectivity index (χ1v) is 9.29. The van der Waals surface area contributed by atoms with Gasteiger partial charge in [0.2, 0.25) is 0 Å². The highest BCUT2D eigenvalue weighted by Gasteiger charge is 2.28. The Kier molecular flexibility index (Phi) is 5.97. The van der Waals surface area contributed by atoms with Gasteiger partial charge in [-0.1, -0.05) is 48.5 Å². The average molecular weight is 333 g/mol. The van der Waals surface area contributed by atoms with Crippen LogP contribution in [-0.4, -0.2) is 25.8 Å². The topological polar surface area (TPSA) is 64.6 Å². The zero-order chi connectivity index (χ0) is 16.7. The van der Waals surface area contributed by atoms with Crippen molar-refractivity contribution < 1.29 is 18.6 Å². The van der Waals surface area contributed by atoms with Crippen molar-refractivity contribution in [3.63, 3.8) is 0 Å². The van der Waals surface area contributed by atoms with Crippen LogP contribution in [0.2, 0.25) is 0 Å². The van der Waals surface area contributed by atoms with Crippen LogP contribution in [0.3, 0.4) is 0 Å². The van der Waals surface area contributed by atoms with Gasteiger partial charge in [0.05, 0.1) is 7.11 Å². The van der Waals surface area contributed by atoms with Crippen LogP contribution in [0, 0.1) is 0 Å². The number of benzene rings is 2. The number of rotatable bonds is 7. The summed E-state index contributed by atoms with van der Waals surface area (Å²) in [7, 11) is -1.92. The summed E-state index contributed by atoms with van der Waals surface area (Å²) in [6, 6.07) is 17.6. The van der Waals surface area contributed by atoms with E-state index in [4.69, 9.17) is 9.26 Å². The Labute approximate surface area is 136 Å². The van der Waals surface area contributed by atoms with E-state index in [2.05, 4.69) is 5.09 Å². The lowest BCUT2D eigenvalue weighted by molar-refractivity contribution is -0.142. The molecule has 1 N–H and O–H groups in total. The van der Waals surface area contributed by atoms with Crippen LogP contribution in [0.5, 0.6) is 5.75 Å². The number of hydrogen-bond donors (Lipinski definition) is 1. The number of nitrogens with one attached hydrogen (secondary N) is 1. The predicted molar refractivity (Wildman–Crippen MR) is 89.7 cm³/mol. The summed E-state index contributed by atoms with van der Waals surface area (Å²) in [5.74, 6) is 0.00162. The van der Waals surface area contributed by atoms with Crippen molar-refractivity contribution in [2.45, 2.75) is 12.5 Å². The fourth-order valence-electron chi connectivity index (χ4n) is 2.17. The maximum atomic E-state index is 12.7. The van der Waals surface area contributed by atoms with Gasteiger partial charge in [-0.05, 0) is 24.1 Å². The van der Waals surface area contributed by atoms with E-state index in [1.165, 1.54) is 13.8 Å². The highest BCUT2D eigenvalue weighted by molar-refractivity contribution is 7.56. The second-order valence-electron chi connectivity index (χ2n) is 5.14. The molecule has 0 aliphatic rings. The van der Waals surface area contributed by atoms with Gasteiger partial charge in [-0.25, -0.2) is 5.09 Å². The van der Waals surface area contributed by atoms with Crippen LogP contribution in [0.25, 0.3) is 0 Å². The summed E-state index contributed by atoms with van der Waals surface area (Å²) in [6.45, 7) is 1.45. The van der Waals surface area contributed by atoms with Crippen molar-refractivity contribution in [3.05, 3.63) is 66.2 Å². The van der Waals surface area contributed by atoms with Gasteiger partial charge in [0.1, 0.15) is 11.8 Å². The van der Waals surface area contributed by atoms with E-state index in [-0.39, 0.29) is 0 Å². The summed E-state index contributed by atoms with van der Waals surface area (Å²) in [5, 5.41) is 2.80. The van der Waals surface area contributed by atoms with E-state index < -0.39 is 19.5 Å². The standard InChI is InChI=1S/C17H20NO4P/c1-21-17(19)16(13-14-9-5-3-6-10-14)18-23(2,20)22-15-11-7-4-8-12-15/h3-12,16H,13H2,1-2H3,(H,18,20)/t16-,23?/m0/s1. The van der Waals surface area contributed by atoms with Crippen molar-refractivity contribution in [2.75, 3.05) is 13.8 Å². The molecular weight excluding hydrogens is 313 g/mol. The Bertz CT molecular complexity index is 676. The van der Waals surface area contributed by atoms with Gasteiger partial charge >= 0.3 is 13.5 Å². The number of carbonyl (C=O) groups is 1. The molecule has 0 aromatic heterocycles. The maximum absolute atomic E-state index is 12.7. The Morgan fingerprint density at radius 3 is 2.22 bits per heavy atom. The molecule has 0 fully saturated rings. The number of carbonyl (C=O) groups excluding carboxylic acids is 1. The summed E-state index contributed by atoms with van der Waals surface area (Å²) in [5.41, 5.74) is 0.940. The maximum Gasteiger partial charge on any atom is 0.323 e. The van der Waals surface area contributed by atoms with E-state index in [1.54, 1.807) is 24.3 Å². The van der Waals surface area contributed by atoms with E-state index in [1.807, 2.05) is 36.4 Å². The third-order valence-electron chi connectivity index (χ3n) is 3.18. The fourth-order valence-corrected chi connectivity index (χ4v) is 3.51. The molecule has 2 aromatic carbocycles. The molecule has 2 aromatic rings. The second-order valence-corrected chi connectivity index (χ2v) is 7.28. The van der Waals surface area contributed by atoms with Crippen molar-refractivity contribution in [2.24, 2.45) is 0 Å². The van der Waals surface area contributed by atoms with E-state index in [0.717, 1.165) is 5.56 Å². The highest BCUT2D eigenvalue weighted by atomic mass is 31.2. The van der Waals surface area contributed by atoms with Crippen LogP contribution in [0.4, 0.5) is 0 Å². The van der Waals surface area contributed by atoms with E-state index in [0.29, 0.717) is 12.2 Å². The minimum Gasteiger partial charge on any atom is -0.468 e. The minimum atomic E-state index is -3.23. The van der Waals surface area contributed by atoms with E-state index >= 15 is 0 Å². The zero-order valence-electron chi connectivity index (χ0n) is 13.1. The number of methoxy groups -OCH3 is 1. The first kappa shape index (κ1) is 17.3. The van der Waals surface area contributed by atoms with Gasteiger partial charge in [0.15, 0.2) is 0 Å². The van der Waals surface area contributed by atoms with Gasteiger partial charge in [-0.3, -0.25) is 9.36 Å². The summed E-state index contributed by atoms with van der Waals surface area (Å²) < 4.78 is 23.0. The molecule has 1 unspecified atom stereocenters. The predicted octanol–water partition coefficient (Wildman–Crippen LogP) is 3.26. The Hall–Kier alpha value is -2.10. The third kappa shape index (κ3) is 5.55. The molecule has 0 saturated heterocycles. The number of ether oxygens (including phenoxy) is 1. The molecule has 0 amide bonds. The van der Waals surface area contributed by atoms with Gasteiger partial charge in [0, 0.05) is 6.66 Å². The molecule has 2 rings (SSSR count). The Morgan fingerprint density at radius 2 is 1.65 bits per heavy atom. The van der Waals surface area contributed by atoms with Crippen LogP contribution in [0.15, 0.2) is 60.7 Å². The molecule has 2 atom stereocenters. The summed E-state index contributed by atoms with van der Waals surface area (Å²) in [4.78, 5) is 12.0. The lowest BCUT2D eigenvalue weighted by Crippen LogP contribution is -2.38. The fraction of sp³-hybridized carbons (Fsp3) is 0.235. The van der Waals surface area contributed by atoms with Crippen molar-refractivity contribution in [1.29, 1.82) is 0 Å². The third-order valence-corrected chi connectivity index (χ3v) is 4.52. The molecule has 0 bridgehead atoms. The first-order valence-electron chi connectivity index (χ1n) is 7.22. The molecule has 0 aliphatic carbocycles. The minimum absolute atomic E-state index is 0.365. The molecule has 122 valence electrons. The molecular formula is C17H20NO4P. The first-order chi connectivity index (χ1) is 11.0. The van der Waals surface area contributed by atoms with E-state index in [9.17, 15) is 9.36 Å². The Morgan fingerprint density at radius 1 is 1.09 bits per heavy atom. The highest BCUT2D eigenvalue weighted by Crippen LogP contribution is 2.39. The van der Waals surface area contributed by atoms with Gasteiger partial charge in [-0.15, -0.1) is 0 Å². The van der Waals surface area contributed by atoms with Gasteiger partial charge in [-0.2, -0.15) is 0 Å². The van der Waals surface area contributed by atoms with Crippen molar-refractivity contribution in [1.82, 2.24) is 5.09 Å². The monoisotopic (exact) mass is 333 g/mol. The molecule has 0 spiro atoms. The smallest absolute Gasteiger partial charge is 0.323 e. The lowest BCUT2D eigenvalue weighted by atomic mass is 10.1. The van der Waals surface area contributed by atoms with Crippen LogP contribution in [0.1, 0.15) is 5.56 Å². The zero-order valence-corrected chi connectivity index (χ0v) is 14.0. The number of para-hydroxylation sites is 1. The average Bonchev–Trinajstić information content (AvgIpc) is 2.54. The van der Waals surface area contributed by atoms with Crippen LogP contribution in [-0.2, 0) is 20.5 Å². The molecule has 0 aliphatic heterocycles. The summed E-state index contributed by atoms with van der Waals surface area (Å²) >= 11 is 0. The second kappa shape index (κ2) is 7.95. The van der Waals surface area contributed by atoms with Gasteiger partial charge < -0.3 is 9.26 Å². The molecule has 23 heavy (non-hydrogen) atoms. The SMILES string of the molecule is COC(=O)[C@H](Cc1ccccc1)NP(C)(=O)Oc1ccccc1. The molecule has 0 saturated carbocycles. The lowest BCUT2D eigenvalue weighted by Gasteiger charge is -2.22. The van der Waals surface area contributed by atoms with Gasteiger partial charge in [0.25, 0.3) is 0 Å². The van der Waals surface area contributed by atoms with Crippen LogP contribution < -0.4 is 9.61 Å². The normalized spacial score (nSPS) is 14.5.